The lowest BCUT2D eigenvalue weighted by molar-refractivity contribution is 0.259. The number of hydrogen-bond donors (Lipinski definition) is 1. The molecule has 0 bridgehead atoms. The molecule has 1 atom stereocenters. The van der Waals surface area contributed by atoms with Crippen molar-refractivity contribution in [1.82, 2.24) is 14.5 Å². The van der Waals surface area contributed by atoms with Crippen LogP contribution in [0, 0.1) is 25.2 Å². The Bertz CT molecular complexity index is 1110. The van der Waals surface area contributed by atoms with Gasteiger partial charge in [0.2, 0.25) is 6.54 Å². The Labute approximate surface area is 174 Å². The topological polar surface area (TPSA) is 65.7 Å². The van der Waals surface area contributed by atoms with Crippen LogP contribution in [-0.2, 0) is 0 Å². The summed E-state index contributed by atoms with van der Waals surface area (Å²) in [6, 6.07) is 1.37. The van der Waals surface area contributed by atoms with Crippen molar-refractivity contribution in [3.8, 4) is 0 Å². The van der Waals surface area contributed by atoms with Gasteiger partial charge in [-0.3, -0.25) is 19.2 Å². The Balaban J connectivity index is 1.67. The van der Waals surface area contributed by atoms with E-state index in [1.807, 2.05) is 6.92 Å². The Hall–Kier alpha value is -2.66. The fraction of sp³-hybridized carbons (Fsp3) is 0.591. The van der Waals surface area contributed by atoms with E-state index in [0.29, 0.717) is 29.2 Å². The normalized spacial score (nSPS) is 19.0. The highest BCUT2D eigenvalue weighted by atomic mass is 19.1. The molecule has 2 heterocycles. The van der Waals surface area contributed by atoms with Crippen LogP contribution >= 0.6 is 0 Å². The van der Waals surface area contributed by atoms with Crippen LogP contribution in [0.25, 0.3) is 15.7 Å². The van der Waals surface area contributed by atoms with Gasteiger partial charge in [0.25, 0.3) is 5.56 Å². The van der Waals surface area contributed by atoms with Gasteiger partial charge in [-0.1, -0.05) is 6.92 Å². The van der Waals surface area contributed by atoms with Gasteiger partial charge in [-0.15, -0.1) is 0 Å². The van der Waals surface area contributed by atoms with Crippen molar-refractivity contribution >= 4 is 16.6 Å². The number of rotatable bonds is 7. The zero-order valence-corrected chi connectivity index (χ0v) is 17.6. The first kappa shape index (κ1) is 20.6. The molecular formula is C22H28FN5O2. The van der Waals surface area contributed by atoms with Crippen molar-refractivity contribution in [3.05, 3.63) is 49.7 Å². The maximum atomic E-state index is 15.2. The molecule has 1 saturated carbocycles. The number of halogens is 1. The van der Waals surface area contributed by atoms with Crippen molar-refractivity contribution in [2.75, 3.05) is 44.2 Å². The number of aromatic nitrogens is 2. The first-order valence-corrected chi connectivity index (χ1v) is 10.7. The number of likely N-dealkylation sites (N-methyl/N-ethyl adjacent to an activating group) is 1. The lowest BCUT2D eigenvalue weighted by Crippen LogP contribution is -2.33. The van der Waals surface area contributed by atoms with Crippen molar-refractivity contribution < 1.29 is 4.39 Å². The van der Waals surface area contributed by atoms with Crippen LogP contribution in [0.5, 0.6) is 0 Å². The molecule has 1 aliphatic heterocycles. The summed E-state index contributed by atoms with van der Waals surface area (Å²) in [6.45, 7) is 15.4. The first-order valence-electron chi connectivity index (χ1n) is 10.7. The van der Waals surface area contributed by atoms with Crippen LogP contribution in [0.4, 0.5) is 10.1 Å². The van der Waals surface area contributed by atoms with Crippen LogP contribution in [0.1, 0.15) is 37.8 Å². The number of hydrogen-bond acceptors (Lipinski definition) is 4. The van der Waals surface area contributed by atoms with E-state index in [0.717, 1.165) is 52.0 Å². The summed E-state index contributed by atoms with van der Waals surface area (Å²) in [5, 5.41) is 0.243. The van der Waals surface area contributed by atoms with Gasteiger partial charge in [-0.05, 0) is 44.7 Å². The molecule has 4 rings (SSSR count). The molecule has 0 amide bonds. The summed E-state index contributed by atoms with van der Waals surface area (Å²) >= 11 is 0. The fourth-order valence-electron chi connectivity index (χ4n) is 4.76. The average molecular weight is 413 g/mol. The van der Waals surface area contributed by atoms with Gasteiger partial charge >= 0.3 is 5.69 Å². The quantitative estimate of drug-likeness (QED) is 0.709. The lowest BCUT2D eigenvalue weighted by Gasteiger charge is -2.25. The predicted molar refractivity (Wildman–Crippen MR) is 116 cm³/mol. The number of aromatic amines is 1. The Morgan fingerprint density at radius 2 is 2.10 bits per heavy atom. The molecule has 1 unspecified atom stereocenters. The molecule has 7 nitrogen and oxygen atoms in total. The number of nitrogens with zero attached hydrogens (tertiary/aromatic N) is 4. The van der Waals surface area contributed by atoms with Gasteiger partial charge in [0, 0.05) is 31.2 Å². The van der Waals surface area contributed by atoms with Gasteiger partial charge in [0.1, 0.15) is 5.82 Å². The number of aryl methyl sites for hydroxylation is 1. The second kappa shape index (κ2) is 8.23. The highest BCUT2D eigenvalue weighted by Crippen LogP contribution is 2.39. The van der Waals surface area contributed by atoms with Crippen LogP contribution in [-0.4, -0.2) is 53.7 Å². The molecule has 160 valence electrons. The highest BCUT2D eigenvalue weighted by molar-refractivity contribution is 5.87. The van der Waals surface area contributed by atoms with E-state index < -0.39 is 17.1 Å². The Morgan fingerprint density at radius 3 is 2.77 bits per heavy atom. The zero-order chi connectivity index (χ0) is 21.4. The van der Waals surface area contributed by atoms with E-state index in [2.05, 4.69) is 26.6 Å². The van der Waals surface area contributed by atoms with Crippen molar-refractivity contribution in [3.63, 3.8) is 0 Å². The van der Waals surface area contributed by atoms with Gasteiger partial charge in [-0.25, -0.2) is 15.8 Å². The summed E-state index contributed by atoms with van der Waals surface area (Å²) in [7, 11) is 0. The molecule has 0 spiro atoms. The summed E-state index contributed by atoms with van der Waals surface area (Å²) < 4.78 is 16.8. The maximum Gasteiger partial charge on any atom is 0.329 e. The molecule has 1 aliphatic carbocycles. The van der Waals surface area contributed by atoms with Crippen molar-refractivity contribution in [2.24, 2.45) is 5.92 Å². The molecule has 8 heteroatoms. The van der Waals surface area contributed by atoms with Gasteiger partial charge in [-0.2, -0.15) is 0 Å². The SMILES string of the molecule is [C-]#[N+]CCN(CC)CC1CCN(c2c(F)cc3c(=O)[nH]c(=O)n(C4CC4)c3c2C)C1. The zero-order valence-electron chi connectivity index (χ0n) is 17.6. The van der Waals surface area contributed by atoms with Crippen LogP contribution in [0.2, 0.25) is 0 Å². The molecule has 1 aromatic heterocycles. The minimum Gasteiger partial charge on any atom is -0.369 e. The molecule has 1 N–H and O–H groups in total. The standard InChI is InChI=1S/C22H28FN5O2/c1-4-26(10-8-24-3)12-15-7-9-27(13-15)20-14(2)19-17(11-18(20)23)21(29)25-22(30)28(19)16-5-6-16/h11,15-16H,4-10,12-13H2,1-2H3,(H,25,29,30). The summed E-state index contributed by atoms with van der Waals surface area (Å²) in [5.41, 5.74) is 0.805. The monoisotopic (exact) mass is 413 g/mol. The van der Waals surface area contributed by atoms with Gasteiger partial charge < -0.3 is 9.74 Å². The summed E-state index contributed by atoms with van der Waals surface area (Å²) in [6.07, 6.45) is 2.75. The van der Waals surface area contributed by atoms with E-state index in [1.165, 1.54) is 6.07 Å². The third-order valence-electron chi connectivity index (χ3n) is 6.39. The van der Waals surface area contributed by atoms with Gasteiger partial charge in [0.15, 0.2) is 0 Å². The largest absolute Gasteiger partial charge is 0.369 e. The minimum absolute atomic E-state index is 0.0840. The van der Waals surface area contributed by atoms with Crippen molar-refractivity contribution in [2.45, 2.75) is 39.2 Å². The van der Waals surface area contributed by atoms with E-state index in [-0.39, 0.29) is 11.4 Å². The molecule has 0 radical (unpaired) electrons. The molecule has 30 heavy (non-hydrogen) atoms. The second-order valence-corrected chi connectivity index (χ2v) is 8.46. The van der Waals surface area contributed by atoms with E-state index in [1.54, 1.807) is 4.57 Å². The predicted octanol–water partition coefficient (Wildman–Crippen LogP) is 2.54. The summed E-state index contributed by atoms with van der Waals surface area (Å²) in [5.74, 6) is -0.0116. The second-order valence-electron chi connectivity index (χ2n) is 8.46. The number of nitrogens with one attached hydrogen (secondary N) is 1. The minimum atomic E-state index is -0.529. The summed E-state index contributed by atoms with van der Waals surface area (Å²) in [4.78, 5) is 34.9. The smallest absolute Gasteiger partial charge is 0.329 e. The third-order valence-corrected chi connectivity index (χ3v) is 6.39. The third kappa shape index (κ3) is 3.74. The molecule has 2 aliphatic rings. The molecular weight excluding hydrogens is 385 g/mol. The number of fused-ring (bicyclic) bond motifs is 1. The van der Waals surface area contributed by atoms with E-state index in [4.69, 9.17) is 6.57 Å². The average Bonchev–Trinajstić information content (AvgIpc) is 3.45. The van der Waals surface area contributed by atoms with E-state index in [9.17, 15) is 9.59 Å². The van der Waals surface area contributed by atoms with E-state index >= 15 is 4.39 Å². The van der Waals surface area contributed by atoms with Gasteiger partial charge in [0.05, 0.1) is 23.1 Å². The Morgan fingerprint density at radius 1 is 1.33 bits per heavy atom. The molecule has 1 saturated heterocycles. The molecule has 2 fully saturated rings. The first-order chi connectivity index (χ1) is 14.4. The lowest BCUT2D eigenvalue weighted by atomic mass is 10.1. The molecule has 2 aromatic rings. The van der Waals surface area contributed by atoms with Crippen molar-refractivity contribution in [1.29, 1.82) is 0 Å². The highest BCUT2D eigenvalue weighted by Gasteiger charge is 2.31. The molecule has 1 aromatic carbocycles. The fourth-order valence-corrected chi connectivity index (χ4v) is 4.76. The maximum absolute atomic E-state index is 15.2. The number of anilines is 1. The Kier molecular flexibility index (Phi) is 5.65. The van der Waals surface area contributed by atoms with Crippen LogP contribution < -0.4 is 16.1 Å². The number of benzene rings is 1. The van der Waals surface area contributed by atoms with Crippen LogP contribution in [0.3, 0.4) is 0 Å². The number of H-pyrrole nitrogens is 1. The van der Waals surface area contributed by atoms with Crippen LogP contribution in [0.15, 0.2) is 15.7 Å².